The molecule has 0 amide bonds. The Bertz CT molecular complexity index is 398. The van der Waals surface area contributed by atoms with Crippen LogP contribution in [0.15, 0.2) is 5.38 Å². The summed E-state index contributed by atoms with van der Waals surface area (Å²) < 4.78 is 9.63. The number of methoxy groups -OCH3 is 2. The number of aryl methyl sites for hydroxylation is 1. The Morgan fingerprint density at radius 2 is 2.25 bits per heavy atom. The van der Waals surface area contributed by atoms with Crippen LogP contribution in [0.4, 0.5) is 5.13 Å². The van der Waals surface area contributed by atoms with Crippen molar-refractivity contribution in [2.24, 2.45) is 0 Å². The molecule has 0 spiro atoms. The number of carbonyl (C=O) groups excluding carboxylic acids is 1. The van der Waals surface area contributed by atoms with Crippen molar-refractivity contribution in [1.29, 1.82) is 0 Å². The second-order valence-corrected chi connectivity index (χ2v) is 5.30. The van der Waals surface area contributed by atoms with Gasteiger partial charge in [0.25, 0.3) is 0 Å². The number of hydrogen-bond acceptors (Lipinski definition) is 7. The Balaban J connectivity index is 2.21. The number of nitrogens with one attached hydrogen (secondary N) is 1. The zero-order valence-corrected chi connectivity index (χ0v) is 13.2. The summed E-state index contributed by atoms with van der Waals surface area (Å²) >= 11 is 1.56. The number of thiazole rings is 1. The molecular weight excluding hydrogens is 278 g/mol. The van der Waals surface area contributed by atoms with E-state index in [0.717, 1.165) is 37.1 Å². The molecule has 1 aromatic heterocycles. The van der Waals surface area contributed by atoms with Crippen LogP contribution in [-0.2, 0) is 20.7 Å². The highest BCUT2D eigenvalue weighted by molar-refractivity contribution is 7.13. The molecule has 0 aliphatic carbocycles. The largest absolute Gasteiger partial charge is 0.469 e. The molecule has 114 valence electrons. The second kappa shape index (κ2) is 9.68. The molecule has 20 heavy (non-hydrogen) atoms. The summed E-state index contributed by atoms with van der Waals surface area (Å²) in [4.78, 5) is 17.7. The van der Waals surface area contributed by atoms with Crippen molar-refractivity contribution >= 4 is 22.4 Å². The lowest BCUT2D eigenvalue weighted by molar-refractivity contribution is -0.140. The first-order valence-electron chi connectivity index (χ1n) is 6.58. The van der Waals surface area contributed by atoms with Gasteiger partial charge >= 0.3 is 5.97 Å². The predicted octanol–water partition coefficient (Wildman–Crippen LogP) is 1.24. The van der Waals surface area contributed by atoms with E-state index in [2.05, 4.69) is 27.0 Å². The molecule has 0 saturated heterocycles. The van der Waals surface area contributed by atoms with E-state index in [-0.39, 0.29) is 5.97 Å². The molecule has 1 heterocycles. The standard InChI is InChI=1S/C13H23N3O3S/c1-16(8-9-18-2)7-6-14-13-15-11(10-20-13)4-5-12(17)19-3/h10H,4-9H2,1-3H3,(H,14,15). The van der Waals surface area contributed by atoms with E-state index in [1.54, 1.807) is 18.4 Å². The Morgan fingerprint density at radius 1 is 1.45 bits per heavy atom. The van der Waals surface area contributed by atoms with Crippen LogP contribution < -0.4 is 5.32 Å². The minimum atomic E-state index is -0.202. The fourth-order valence-electron chi connectivity index (χ4n) is 1.55. The molecule has 1 rings (SSSR count). The monoisotopic (exact) mass is 301 g/mol. The zero-order chi connectivity index (χ0) is 14.8. The highest BCUT2D eigenvalue weighted by Crippen LogP contribution is 2.16. The summed E-state index contributed by atoms with van der Waals surface area (Å²) in [7, 11) is 5.16. The van der Waals surface area contributed by atoms with Crippen molar-refractivity contribution in [1.82, 2.24) is 9.88 Å². The third-order valence-corrected chi connectivity index (χ3v) is 3.66. The molecule has 6 nitrogen and oxygen atoms in total. The SMILES string of the molecule is COCCN(C)CCNc1nc(CCC(=O)OC)cs1. The number of rotatable bonds is 10. The van der Waals surface area contributed by atoms with Gasteiger partial charge in [-0.2, -0.15) is 0 Å². The molecule has 0 aromatic carbocycles. The van der Waals surface area contributed by atoms with Crippen LogP contribution in [0.25, 0.3) is 0 Å². The minimum absolute atomic E-state index is 0.202. The van der Waals surface area contributed by atoms with E-state index in [0.29, 0.717) is 12.8 Å². The van der Waals surface area contributed by atoms with E-state index in [4.69, 9.17) is 4.74 Å². The summed E-state index contributed by atoms with van der Waals surface area (Å²) in [5, 5.41) is 6.15. The number of carbonyl (C=O) groups is 1. The Hall–Kier alpha value is -1.18. The molecule has 0 fully saturated rings. The van der Waals surface area contributed by atoms with E-state index in [1.807, 2.05) is 5.38 Å². The Labute approximate surface area is 124 Å². The van der Waals surface area contributed by atoms with Crippen LogP contribution in [0.3, 0.4) is 0 Å². The van der Waals surface area contributed by atoms with Crippen LogP contribution in [0, 0.1) is 0 Å². The molecule has 1 N–H and O–H groups in total. The molecule has 0 aliphatic heterocycles. The van der Waals surface area contributed by atoms with E-state index >= 15 is 0 Å². The number of likely N-dealkylation sites (N-methyl/N-ethyl adjacent to an activating group) is 1. The van der Waals surface area contributed by atoms with Gasteiger partial charge in [0.05, 0.1) is 25.8 Å². The lowest BCUT2D eigenvalue weighted by atomic mass is 10.2. The maximum Gasteiger partial charge on any atom is 0.305 e. The normalized spacial score (nSPS) is 10.8. The highest BCUT2D eigenvalue weighted by atomic mass is 32.1. The summed E-state index contributed by atoms with van der Waals surface area (Å²) in [6.45, 7) is 3.43. The van der Waals surface area contributed by atoms with E-state index in [1.165, 1.54) is 7.11 Å². The van der Waals surface area contributed by atoms with Crippen molar-refractivity contribution in [3.05, 3.63) is 11.1 Å². The third-order valence-electron chi connectivity index (χ3n) is 2.81. The van der Waals surface area contributed by atoms with E-state index in [9.17, 15) is 4.79 Å². The van der Waals surface area contributed by atoms with Gasteiger partial charge < -0.3 is 19.7 Å². The smallest absolute Gasteiger partial charge is 0.305 e. The fraction of sp³-hybridized carbons (Fsp3) is 0.692. The first-order chi connectivity index (χ1) is 9.65. The maximum atomic E-state index is 11.0. The second-order valence-electron chi connectivity index (χ2n) is 4.44. The summed E-state index contributed by atoms with van der Waals surface area (Å²) in [5.74, 6) is -0.202. The number of aromatic nitrogens is 1. The van der Waals surface area contributed by atoms with E-state index < -0.39 is 0 Å². The lowest BCUT2D eigenvalue weighted by Crippen LogP contribution is -2.28. The quantitative estimate of drug-likeness (QED) is 0.656. The van der Waals surface area contributed by atoms with Crippen LogP contribution in [0.5, 0.6) is 0 Å². The van der Waals surface area contributed by atoms with Crippen LogP contribution in [0.1, 0.15) is 12.1 Å². The van der Waals surface area contributed by atoms with Crippen molar-refractivity contribution in [3.8, 4) is 0 Å². The third kappa shape index (κ3) is 6.83. The number of hydrogen-bond donors (Lipinski definition) is 1. The number of esters is 1. The molecule has 0 atom stereocenters. The topological polar surface area (TPSA) is 63.7 Å². The number of ether oxygens (including phenoxy) is 2. The minimum Gasteiger partial charge on any atom is -0.469 e. The molecule has 0 bridgehead atoms. The van der Waals surface area contributed by atoms with Gasteiger partial charge in [0.2, 0.25) is 0 Å². The molecule has 1 aromatic rings. The summed E-state index contributed by atoms with van der Waals surface area (Å²) in [6.07, 6.45) is 0.998. The van der Waals surface area contributed by atoms with Crippen molar-refractivity contribution in [3.63, 3.8) is 0 Å². The van der Waals surface area contributed by atoms with Gasteiger partial charge in [0.1, 0.15) is 0 Å². The fourth-order valence-corrected chi connectivity index (χ4v) is 2.32. The first-order valence-corrected chi connectivity index (χ1v) is 7.46. The highest BCUT2D eigenvalue weighted by Gasteiger charge is 2.06. The summed E-state index contributed by atoms with van der Waals surface area (Å²) in [5.41, 5.74) is 0.927. The first kappa shape index (κ1) is 16.9. The van der Waals surface area contributed by atoms with Crippen LogP contribution >= 0.6 is 11.3 Å². The average Bonchev–Trinajstić information content (AvgIpc) is 2.90. The van der Waals surface area contributed by atoms with Crippen LogP contribution in [0.2, 0.25) is 0 Å². The number of nitrogens with zero attached hydrogens (tertiary/aromatic N) is 2. The number of anilines is 1. The van der Waals surface area contributed by atoms with Gasteiger partial charge in [-0.25, -0.2) is 4.98 Å². The van der Waals surface area contributed by atoms with Gasteiger partial charge in [0, 0.05) is 38.5 Å². The predicted molar refractivity (Wildman–Crippen MR) is 80.3 cm³/mol. The van der Waals surface area contributed by atoms with Crippen molar-refractivity contribution < 1.29 is 14.3 Å². The van der Waals surface area contributed by atoms with Crippen molar-refractivity contribution in [2.75, 3.05) is 52.8 Å². The lowest BCUT2D eigenvalue weighted by Gasteiger charge is -2.15. The molecule has 0 saturated carbocycles. The molecule has 0 radical (unpaired) electrons. The van der Waals surface area contributed by atoms with Gasteiger partial charge in [0.15, 0.2) is 5.13 Å². The Kier molecular flexibility index (Phi) is 8.17. The van der Waals surface area contributed by atoms with Gasteiger partial charge in [-0.15, -0.1) is 11.3 Å². The summed E-state index contributed by atoms with van der Waals surface area (Å²) in [6, 6.07) is 0. The molecular formula is C13H23N3O3S. The Morgan fingerprint density at radius 3 is 2.95 bits per heavy atom. The van der Waals surface area contributed by atoms with Crippen LogP contribution in [-0.4, -0.2) is 63.4 Å². The zero-order valence-electron chi connectivity index (χ0n) is 12.3. The maximum absolute atomic E-state index is 11.0. The molecule has 7 heteroatoms. The van der Waals surface area contributed by atoms with Crippen molar-refractivity contribution in [2.45, 2.75) is 12.8 Å². The molecule has 0 unspecified atom stereocenters. The molecule has 0 aliphatic rings. The van der Waals surface area contributed by atoms with Gasteiger partial charge in [-0.3, -0.25) is 4.79 Å². The average molecular weight is 301 g/mol. The van der Waals surface area contributed by atoms with Gasteiger partial charge in [-0.1, -0.05) is 0 Å². The van der Waals surface area contributed by atoms with Gasteiger partial charge in [-0.05, 0) is 7.05 Å².